The molecule has 0 aliphatic heterocycles. The summed E-state index contributed by atoms with van der Waals surface area (Å²) in [6, 6.07) is 3.29. The Kier molecular flexibility index (Phi) is 6.30. The maximum atomic E-state index is 11.6. The van der Waals surface area contributed by atoms with Crippen LogP contribution in [-0.4, -0.2) is 34.1 Å². The summed E-state index contributed by atoms with van der Waals surface area (Å²) in [7, 11) is -3.32. The van der Waals surface area contributed by atoms with Gasteiger partial charge in [-0.05, 0) is 17.9 Å². The third kappa shape index (κ3) is 4.80. The van der Waals surface area contributed by atoms with Gasteiger partial charge in [-0.25, -0.2) is 13.1 Å². The van der Waals surface area contributed by atoms with Crippen molar-refractivity contribution in [2.75, 3.05) is 25.6 Å². The molecule has 1 N–H and O–H groups in total. The molecule has 0 bridgehead atoms. The first kappa shape index (κ1) is 13.9. The Morgan fingerprint density at radius 3 is 2.88 bits per heavy atom. The van der Waals surface area contributed by atoms with E-state index >= 15 is 0 Å². The summed E-state index contributed by atoms with van der Waals surface area (Å²) in [5.41, 5.74) is 0. The molecule has 0 amide bonds. The molecule has 16 heavy (non-hydrogen) atoms. The van der Waals surface area contributed by atoms with Crippen LogP contribution in [0.2, 0.25) is 0 Å². The van der Waals surface area contributed by atoms with Crippen LogP contribution in [0.1, 0.15) is 6.42 Å². The fourth-order valence-corrected chi connectivity index (χ4v) is 3.25. The largest absolute Gasteiger partial charge is 0.380 e. The number of thiophene rings is 1. The van der Waals surface area contributed by atoms with Crippen molar-refractivity contribution in [1.82, 2.24) is 4.72 Å². The van der Waals surface area contributed by atoms with Gasteiger partial charge in [0.15, 0.2) is 0 Å². The summed E-state index contributed by atoms with van der Waals surface area (Å²) in [6.07, 6.45) is 0.640. The molecular formula is C9H14ClNO3S2. The standard InChI is InChI=1S/C9H14ClNO3S2/c10-4-7-14-6-2-5-11-16(12,13)9-3-1-8-15-9/h1,3,8,11H,2,4-7H2. The smallest absolute Gasteiger partial charge is 0.250 e. The molecule has 1 rings (SSSR count). The summed E-state index contributed by atoms with van der Waals surface area (Å²) in [5.74, 6) is 0.459. The van der Waals surface area contributed by atoms with E-state index in [2.05, 4.69) is 4.72 Å². The molecule has 1 heterocycles. The maximum absolute atomic E-state index is 11.6. The van der Waals surface area contributed by atoms with Crippen LogP contribution < -0.4 is 4.72 Å². The van der Waals surface area contributed by atoms with E-state index in [1.807, 2.05) is 0 Å². The summed E-state index contributed by atoms with van der Waals surface area (Å²) in [6.45, 7) is 1.39. The summed E-state index contributed by atoms with van der Waals surface area (Å²) in [5, 5.41) is 1.73. The van der Waals surface area contributed by atoms with Crippen LogP contribution in [0.25, 0.3) is 0 Å². The van der Waals surface area contributed by atoms with Crippen LogP contribution in [-0.2, 0) is 14.8 Å². The lowest BCUT2D eigenvalue weighted by Crippen LogP contribution is -2.24. The van der Waals surface area contributed by atoms with E-state index in [1.165, 1.54) is 11.3 Å². The number of hydrogen-bond acceptors (Lipinski definition) is 4. The third-order valence-electron chi connectivity index (χ3n) is 1.74. The van der Waals surface area contributed by atoms with Gasteiger partial charge in [0.25, 0.3) is 0 Å². The lowest BCUT2D eigenvalue weighted by molar-refractivity contribution is 0.147. The van der Waals surface area contributed by atoms with Crippen molar-refractivity contribution >= 4 is 33.0 Å². The second-order valence-corrected chi connectivity index (χ2v) is 6.30. The molecule has 0 aliphatic rings. The van der Waals surface area contributed by atoms with Gasteiger partial charge in [0.1, 0.15) is 4.21 Å². The quantitative estimate of drug-likeness (QED) is 0.583. The van der Waals surface area contributed by atoms with Crippen LogP contribution in [0.5, 0.6) is 0 Å². The second kappa shape index (κ2) is 7.24. The van der Waals surface area contributed by atoms with Gasteiger partial charge in [0, 0.05) is 19.0 Å². The van der Waals surface area contributed by atoms with Crippen LogP contribution in [0, 0.1) is 0 Å². The highest BCUT2D eigenvalue weighted by atomic mass is 35.5. The molecule has 0 atom stereocenters. The van der Waals surface area contributed by atoms with E-state index in [1.54, 1.807) is 17.5 Å². The molecule has 0 radical (unpaired) electrons. The van der Waals surface area contributed by atoms with E-state index in [-0.39, 0.29) is 0 Å². The number of nitrogens with one attached hydrogen (secondary N) is 1. The first-order chi connectivity index (χ1) is 7.67. The lowest BCUT2D eigenvalue weighted by atomic mass is 10.5. The van der Waals surface area contributed by atoms with Crippen molar-refractivity contribution in [3.05, 3.63) is 17.5 Å². The fraction of sp³-hybridized carbons (Fsp3) is 0.556. The Balaban J connectivity index is 2.22. The van der Waals surface area contributed by atoms with Crippen molar-refractivity contribution in [3.63, 3.8) is 0 Å². The highest BCUT2D eigenvalue weighted by Crippen LogP contribution is 2.14. The lowest BCUT2D eigenvalue weighted by Gasteiger charge is -2.04. The van der Waals surface area contributed by atoms with Crippen LogP contribution in [0.4, 0.5) is 0 Å². The van der Waals surface area contributed by atoms with Crippen molar-refractivity contribution < 1.29 is 13.2 Å². The molecule has 0 saturated heterocycles. The topological polar surface area (TPSA) is 55.4 Å². The Bertz CT molecular complexity index is 377. The van der Waals surface area contributed by atoms with Gasteiger partial charge in [-0.3, -0.25) is 0 Å². The number of hydrogen-bond donors (Lipinski definition) is 1. The zero-order valence-electron chi connectivity index (χ0n) is 8.69. The van der Waals surface area contributed by atoms with E-state index in [0.717, 1.165) is 0 Å². The Labute approximate surface area is 105 Å². The van der Waals surface area contributed by atoms with E-state index in [0.29, 0.717) is 36.3 Å². The summed E-state index contributed by atoms with van der Waals surface area (Å²) < 4.78 is 31.2. The van der Waals surface area contributed by atoms with Crippen LogP contribution >= 0.6 is 22.9 Å². The zero-order valence-corrected chi connectivity index (χ0v) is 11.1. The predicted molar refractivity (Wildman–Crippen MR) is 65.7 cm³/mol. The van der Waals surface area contributed by atoms with Gasteiger partial charge in [-0.15, -0.1) is 22.9 Å². The number of alkyl halides is 1. The van der Waals surface area contributed by atoms with Crippen molar-refractivity contribution in [2.24, 2.45) is 0 Å². The summed E-state index contributed by atoms with van der Waals surface area (Å²) in [4.78, 5) is 0. The molecule has 0 fully saturated rings. The monoisotopic (exact) mass is 283 g/mol. The third-order valence-corrected chi connectivity index (χ3v) is 4.75. The Hall–Kier alpha value is -0.140. The Morgan fingerprint density at radius 1 is 1.44 bits per heavy atom. The first-order valence-corrected chi connectivity index (χ1v) is 7.73. The predicted octanol–water partition coefficient (Wildman–Crippen LogP) is 1.67. The van der Waals surface area contributed by atoms with Gasteiger partial charge in [-0.2, -0.15) is 0 Å². The SMILES string of the molecule is O=S(=O)(NCCCOCCCl)c1cccs1. The molecule has 0 spiro atoms. The Morgan fingerprint density at radius 2 is 2.25 bits per heavy atom. The van der Waals surface area contributed by atoms with Gasteiger partial charge >= 0.3 is 0 Å². The number of ether oxygens (including phenoxy) is 1. The number of rotatable bonds is 8. The van der Waals surface area contributed by atoms with Gasteiger partial charge in [-0.1, -0.05) is 6.07 Å². The molecular weight excluding hydrogens is 270 g/mol. The van der Waals surface area contributed by atoms with E-state index in [9.17, 15) is 8.42 Å². The summed E-state index contributed by atoms with van der Waals surface area (Å²) >= 11 is 6.62. The minimum absolute atomic E-state index is 0.342. The van der Waals surface area contributed by atoms with Crippen molar-refractivity contribution in [3.8, 4) is 0 Å². The average Bonchev–Trinajstić information content (AvgIpc) is 2.77. The minimum atomic E-state index is -3.32. The normalized spacial score (nSPS) is 11.8. The molecule has 7 heteroatoms. The van der Waals surface area contributed by atoms with Gasteiger partial charge in [0.05, 0.1) is 6.61 Å². The minimum Gasteiger partial charge on any atom is -0.380 e. The van der Waals surface area contributed by atoms with Crippen molar-refractivity contribution in [2.45, 2.75) is 10.6 Å². The van der Waals surface area contributed by atoms with Crippen LogP contribution in [0.15, 0.2) is 21.7 Å². The van der Waals surface area contributed by atoms with Crippen LogP contribution in [0.3, 0.4) is 0 Å². The zero-order chi connectivity index (χ0) is 11.9. The number of halogens is 1. The average molecular weight is 284 g/mol. The first-order valence-electron chi connectivity index (χ1n) is 4.83. The van der Waals surface area contributed by atoms with Gasteiger partial charge < -0.3 is 4.74 Å². The molecule has 0 aromatic carbocycles. The molecule has 4 nitrogen and oxygen atoms in total. The molecule has 1 aromatic heterocycles. The van der Waals surface area contributed by atoms with Gasteiger partial charge in [0.2, 0.25) is 10.0 Å². The second-order valence-electron chi connectivity index (χ2n) is 2.98. The number of sulfonamides is 1. The molecule has 0 aliphatic carbocycles. The molecule has 1 aromatic rings. The molecule has 92 valence electrons. The maximum Gasteiger partial charge on any atom is 0.250 e. The molecule has 0 saturated carbocycles. The highest BCUT2D eigenvalue weighted by molar-refractivity contribution is 7.91. The fourth-order valence-electron chi connectivity index (χ4n) is 1.02. The van der Waals surface area contributed by atoms with E-state index in [4.69, 9.17) is 16.3 Å². The molecule has 0 unspecified atom stereocenters. The highest BCUT2D eigenvalue weighted by Gasteiger charge is 2.13. The van der Waals surface area contributed by atoms with Crippen molar-refractivity contribution in [1.29, 1.82) is 0 Å². The van der Waals surface area contributed by atoms with E-state index < -0.39 is 10.0 Å².